The number of aromatic hydroxyl groups is 2. The number of hydrogen-bond acceptors (Lipinski definition) is 4. The maximum Gasteiger partial charge on any atom is 0.416 e. The van der Waals surface area contributed by atoms with Gasteiger partial charge >= 0.3 is 6.18 Å². The summed E-state index contributed by atoms with van der Waals surface area (Å²) in [5.74, 6) is -0.392. The van der Waals surface area contributed by atoms with E-state index in [-0.39, 0.29) is 43.7 Å². The van der Waals surface area contributed by atoms with Crippen LogP contribution in [0.25, 0.3) is 0 Å². The molecule has 166 valence electrons. The van der Waals surface area contributed by atoms with Crippen molar-refractivity contribution in [2.24, 2.45) is 0 Å². The van der Waals surface area contributed by atoms with E-state index in [0.29, 0.717) is 11.4 Å². The Morgan fingerprint density at radius 3 is 1.74 bits per heavy atom. The van der Waals surface area contributed by atoms with Gasteiger partial charge in [-0.3, -0.25) is 0 Å². The Hall–Kier alpha value is -2.19. The monoisotopic (exact) mass is 512 g/mol. The molecular weight excluding hydrogens is 499 g/mol. The topological polar surface area (TPSA) is 78.5 Å². The average Bonchev–Trinajstić information content (AvgIpc) is 2.68. The van der Waals surface area contributed by atoms with Gasteiger partial charge in [0.1, 0.15) is 0 Å². The minimum absolute atomic E-state index is 0.0223. The molecule has 0 aliphatic heterocycles. The van der Waals surface area contributed by atoms with Gasteiger partial charge < -0.3 is 21.3 Å². The fourth-order valence-electron chi connectivity index (χ4n) is 2.40. The van der Waals surface area contributed by atoms with Crippen LogP contribution in [0, 0.1) is 0 Å². The van der Waals surface area contributed by atoms with E-state index in [4.69, 9.17) is 57.2 Å². The number of alkyl halides is 3. The molecule has 0 saturated carbocycles. The number of rotatable bonds is 3. The van der Waals surface area contributed by atoms with Gasteiger partial charge in [0.25, 0.3) is 0 Å². The predicted molar refractivity (Wildman–Crippen MR) is 119 cm³/mol. The molecule has 3 aromatic rings. The van der Waals surface area contributed by atoms with Crippen molar-refractivity contribution in [1.29, 1.82) is 0 Å². The minimum Gasteiger partial charge on any atom is -0.505 e. The van der Waals surface area contributed by atoms with E-state index in [2.05, 4.69) is 5.32 Å². The van der Waals surface area contributed by atoms with Crippen molar-refractivity contribution in [1.82, 2.24) is 0 Å². The van der Waals surface area contributed by atoms with E-state index < -0.39 is 11.7 Å². The Morgan fingerprint density at radius 2 is 1.26 bits per heavy atom. The van der Waals surface area contributed by atoms with Gasteiger partial charge in [-0.1, -0.05) is 64.6 Å². The molecule has 3 aromatic carbocycles. The maximum absolute atomic E-state index is 12.9. The summed E-state index contributed by atoms with van der Waals surface area (Å²) in [7, 11) is 0. The second kappa shape index (κ2) is 10.4. The van der Waals surface area contributed by atoms with Crippen molar-refractivity contribution in [3.8, 4) is 11.5 Å². The van der Waals surface area contributed by atoms with Gasteiger partial charge in [-0.15, -0.1) is 0 Å². The number of benzene rings is 3. The van der Waals surface area contributed by atoms with Crippen LogP contribution in [0.1, 0.15) is 11.1 Å². The summed E-state index contributed by atoms with van der Waals surface area (Å²) in [5, 5.41) is 21.6. The Morgan fingerprint density at radius 1 is 0.806 bits per heavy atom. The molecule has 0 aliphatic carbocycles. The molecule has 31 heavy (non-hydrogen) atoms. The van der Waals surface area contributed by atoms with Crippen LogP contribution in [-0.2, 0) is 12.7 Å². The zero-order valence-corrected chi connectivity index (χ0v) is 18.5. The number of anilines is 2. The van der Waals surface area contributed by atoms with Crippen molar-refractivity contribution in [2.75, 3.05) is 11.1 Å². The summed E-state index contributed by atoms with van der Waals surface area (Å²) >= 11 is 22.5. The van der Waals surface area contributed by atoms with Gasteiger partial charge in [0, 0.05) is 17.9 Å². The van der Waals surface area contributed by atoms with Crippen molar-refractivity contribution in [2.45, 2.75) is 12.7 Å². The van der Waals surface area contributed by atoms with E-state index in [1.165, 1.54) is 42.5 Å². The number of nitrogens with two attached hydrogens (primary N) is 1. The summed E-state index contributed by atoms with van der Waals surface area (Å²) in [6.45, 7) is -0.0485. The molecule has 0 aromatic heterocycles. The zero-order valence-electron chi connectivity index (χ0n) is 15.4. The van der Waals surface area contributed by atoms with Crippen LogP contribution in [0.2, 0.25) is 20.1 Å². The van der Waals surface area contributed by atoms with Gasteiger partial charge in [-0.05, 0) is 35.9 Å². The number of phenolic OH excluding ortho intramolecular Hbond substituents is 2. The minimum atomic E-state index is -4.41. The van der Waals surface area contributed by atoms with Crippen LogP contribution in [0.4, 0.5) is 24.5 Å². The van der Waals surface area contributed by atoms with Gasteiger partial charge in [0.05, 0.1) is 25.7 Å². The van der Waals surface area contributed by atoms with E-state index in [1.54, 1.807) is 0 Å². The molecule has 0 amide bonds. The second-order valence-corrected chi connectivity index (χ2v) is 7.76. The number of halogens is 7. The molecule has 0 fully saturated rings. The molecule has 11 heteroatoms. The highest BCUT2D eigenvalue weighted by atomic mass is 35.5. The first-order valence-electron chi connectivity index (χ1n) is 8.40. The van der Waals surface area contributed by atoms with Crippen LogP contribution >= 0.6 is 46.4 Å². The Bertz CT molecular complexity index is 1030. The third kappa shape index (κ3) is 6.90. The number of hydrogen-bond donors (Lipinski definition) is 4. The van der Waals surface area contributed by atoms with Gasteiger partial charge in [-0.25, -0.2) is 0 Å². The molecule has 0 bridgehead atoms. The predicted octanol–water partition coefficient (Wildman–Crippen LogP) is 7.61. The molecular formula is C20H15Cl4F3N2O2. The van der Waals surface area contributed by atoms with Crippen LogP contribution in [0.3, 0.4) is 0 Å². The fourth-order valence-corrected chi connectivity index (χ4v) is 3.39. The number of nitrogens with one attached hydrogen (secondary N) is 1. The highest BCUT2D eigenvalue weighted by Crippen LogP contribution is 2.36. The molecule has 3 rings (SSSR count). The quantitative estimate of drug-likeness (QED) is 0.214. The first-order chi connectivity index (χ1) is 14.4. The highest BCUT2D eigenvalue weighted by molar-refractivity contribution is 6.38. The third-order valence-electron chi connectivity index (χ3n) is 3.86. The summed E-state index contributed by atoms with van der Waals surface area (Å²) in [6.07, 6.45) is -4.41. The summed E-state index contributed by atoms with van der Waals surface area (Å²) in [6, 6.07) is 10.9. The van der Waals surface area contributed by atoms with Crippen molar-refractivity contribution < 1.29 is 23.4 Å². The smallest absolute Gasteiger partial charge is 0.416 e. The van der Waals surface area contributed by atoms with Crippen LogP contribution in [0.15, 0.2) is 48.5 Å². The fraction of sp³-hybridized carbons (Fsp3) is 0.100. The average molecular weight is 514 g/mol. The lowest BCUT2D eigenvalue weighted by molar-refractivity contribution is -0.138. The van der Waals surface area contributed by atoms with E-state index in [1.807, 2.05) is 0 Å². The summed E-state index contributed by atoms with van der Waals surface area (Å²) < 4.78 is 38.6. The van der Waals surface area contributed by atoms with Crippen LogP contribution in [-0.4, -0.2) is 10.2 Å². The van der Waals surface area contributed by atoms with Gasteiger partial charge in [0.2, 0.25) is 0 Å². The molecule has 0 saturated heterocycles. The van der Waals surface area contributed by atoms with Gasteiger partial charge in [0.15, 0.2) is 11.5 Å². The Labute approximate surface area is 195 Å². The van der Waals surface area contributed by atoms with E-state index in [0.717, 1.165) is 6.07 Å². The first kappa shape index (κ1) is 25.1. The van der Waals surface area contributed by atoms with E-state index in [9.17, 15) is 18.3 Å². The largest absolute Gasteiger partial charge is 0.505 e. The molecule has 0 radical (unpaired) electrons. The Balaban J connectivity index is 0.000000285. The van der Waals surface area contributed by atoms with Crippen molar-refractivity contribution in [3.63, 3.8) is 0 Å². The van der Waals surface area contributed by atoms with Gasteiger partial charge in [-0.2, -0.15) is 13.2 Å². The van der Waals surface area contributed by atoms with Crippen molar-refractivity contribution in [3.05, 3.63) is 79.7 Å². The SMILES string of the molecule is Nc1cc(Cl)c(O)c(Cl)c1.Oc1c(Cl)cc(NCc2ccccc2C(F)(F)F)cc1Cl. The zero-order chi connectivity index (χ0) is 23.3. The molecule has 0 heterocycles. The van der Waals surface area contributed by atoms with Crippen LogP contribution < -0.4 is 11.1 Å². The summed E-state index contributed by atoms with van der Waals surface area (Å²) in [4.78, 5) is 0. The standard InChI is InChI=1S/C14H10Cl2F3NO.C6H5Cl2NO/c15-11-5-9(6-12(16)13(11)21)20-7-8-3-1-2-4-10(8)14(17,18)19;7-4-1-3(9)2-5(8)6(4)10/h1-6,20-21H,7H2;1-2,10H,9H2. The van der Waals surface area contributed by atoms with E-state index >= 15 is 0 Å². The molecule has 0 unspecified atom stereocenters. The molecule has 0 spiro atoms. The van der Waals surface area contributed by atoms with Crippen LogP contribution in [0.5, 0.6) is 11.5 Å². The molecule has 4 nitrogen and oxygen atoms in total. The number of nitrogen functional groups attached to an aromatic ring is 1. The molecule has 0 atom stereocenters. The summed E-state index contributed by atoms with van der Waals surface area (Å²) in [5.41, 5.74) is 5.60. The second-order valence-electron chi connectivity index (χ2n) is 6.13. The highest BCUT2D eigenvalue weighted by Gasteiger charge is 2.32. The lowest BCUT2D eigenvalue weighted by Crippen LogP contribution is -2.11. The first-order valence-corrected chi connectivity index (χ1v) is 9.91. The number of phenols is 2. The Kier molecular flexibility index (Phi) is 8.42. The van der Waals surface area contributed by atoms with Crippen molar-refractivity contribution >= 4 is 57.8 Å². The molecule has 0 aliphatic rings. The molecule has 5 N–H and O–H groups in total. The normalized spacial score (nSPS) is 10.9. The third-order valence-corrected chi connectivity index (χ3v) is 5.01. The maximum atomic E-state index is 12.9. The lowest BCUT2D eigenvalue weighted by atomic mass is 10.1. The lowest BCUT2D eigenvalue weighted by Gasteiger charge is -2.14.